The number of thioether (sulfide) groups is 1. The van der Waals surface area contributed by atoms with Crippen LogP contribution in [0.15, 0.2) is 59.6 Å². The van der Waals surface area contributed by atoms with Crippen LogP contribution >= 0.6 is 28.7 Å². The molecule has 1 aliphatic rings. The highest BCUT2D eigenvalue weighted by Crippen LogP contribution is 2.28. The SMILES string of the molecule is Br.CCCCCCCCCCCCCCOc1ccccc1OCC(=O)Nc1ccccc1CN1C=C(C)SC1. The molecule has 0 aromatic heterocycles. The van der Waals surface area contributed by atoms with Gasteiger partial charge in [0.05, 0.1) is 12.5 Å². The number of nitrogens with zero attached hydrogens (tertiary/aromatic N) is 1. The molecule has 1 heterocycles. The molecule has 0 saturated heterocycles. The van der Waals surface area contributed by atoms with E-state index in [0.717, 1.165) is 30.1 Å². The van der Waals surface area contributed by atoms with Crippen molar-refractivity contribution in [3.63, 3.8) is 0 Å². The molecule has 0 atom stereocenters. The van der Waals surface area contributed by atoms with Crippen molar-refractivity contribution in [1.29, 1.82) is 0 Å². The predicted octanol–water partition coefficient (Wildman–Crippen LogP) is 9.73. The number of rotatable bonds is 20. The second kappa shape index (κ2) is 20.7. The maximum atomic E-state index is 12.7. The van der Waals surface area contributed by atoms with Crippen molar-refractivity contribution < 1.29 is 14.3 Å². The minimum absolute atomic E-state index is 0. The van der Waals surface area contributed by atoms with Crippen LogP contribution in [0.3, 0.4) is 0 Å². The van der Waals surface area contributed by atoms with Crippen molar-refractivity contribution in [3.8, 4) is 11.5 Å². The van der Waals surface area contributed by atoms with Crippen LogP contribution in [0.2, 0.25) is 0 Å². The molecule has 1 N–H and O–H groups in total. The van der Waals surface area contributed by atoms with Gasteiger partial charge in [0.1, 0.15) is 0 Å². The van der Waals surface area contributed by atoms with Crippen molar-refractivity contribution in [2.75, 3.05) is 24.4 Å². The Balaban J connectivity index is 0.00000560. The lowest BCUT2D eigenvalue weighted by atomic mass is 10.1. The summed E-state index contributed by atoms with van der Waals surface area (Å²) >= 11 is 1.83. The van der Waals surface area contributed by atoms with Crippen LogP contribution in [0.1, 0.15) is 96.5 Å². The van der Waals surface area contributed by atoms with Gasteiger partial charge in [0.15, 0.2) is 18.1 Å². The van der Waals surface area contributed by atoms with Crippen LogP contribution in [0, 0.1) is 0 Å². The number of benzene rings is 2. The van der Waals surface area contributed by atoms with E-state index in [2.05, 4.69) is 36.3 Å². The van der Waals surface area contributed by atoms with Gasteiger partial charge >= 0.3 is 0 Å². The number of allylic oxidation sites excluding steroid dienone is 1. The molecular formula is C33H49BrN2O3S. The number of para-hydroxylation sites is 3. The molecule has 40 heavy (non-hydrogen) atoms. The topological polar surface area (TPSA) is 50.8 Å². The van der Waals surface area contributed by atoms with Gasteiger partial charge in [0.2, 0.25) is 0 Å². The maximum Gasteiger partial charge on any atom is 0.262 e. The largest absolute Gasteiger partial charge is 0.490 e. The normalized spacial score (nSPS) is 12.6. The molecule has 0 bridgehead atoms. The van der Waals surface area contributed by atoms with E-state index in [1.165, 1.54) is 75.5 Å². The summed E-state index contributed by atoms with van der Waals surface area (Å²) in [5.41, 5.74) is 1.91. The van der Waals surface area contributed by atoms with Crippen molar-refractivity contribution >= 4 is 40.3 Å². The van der Waals surface area contributed by atoms with Crippen LogP contribution in [-0.4, -0.2) is 29.9 Å². The van der Waals surface area contributed by atoms with E-state index in [4.69, 9.17) is 9.47 Å². The predicted molar refractivity (Wildman–Crippen MR) is 176 cm³/mol. The third kappa shape index (κ3) is 13.5. The molecule has 0 radical (unpaired) electrons. The molecule has 0 spiro atoms. The minimum atomic E-state index is -0.180. The Hall–Kier alpha value is -2.12. The van der Waals surface area contributed by atoms with E-state index < -0.39 is 0 Å². The Bertz CT molecular complexity index is 1020. The maximum absolute atomic E-state index is 12.7. The Kier molecular flexibility index (Phi) is 17.6. The van der Waals surface area contributed by atoms with Gasteiger partial charge in [-0.2, -0.15) is 0 Å². The number of hydrogen-bond acceptors (Lipinski definition) is 5. The molecule has 2 aromatic carbocycles. The Morgan fingerprint density at radius 3 is 2.02 bits per heavy atom. The highest BCUT2D eigenvalue weighted by atomic mass is 79.9. The van der Waals surface area contributed by atoms with E-state index in [-0.39, 0.29) is 29.5 Å². The zero-order valence-electron chi connectivity index (χ0n) is 24.5. The van der Waals surface area contributed by atoms with E-state index >= 15 is 0 Å². The van der Waals surface area contributed by atoms with E-state index in [1.54, 1.807) is 0 Å². The minimum Gasteiger partial charge on any atom is -0.490 e. The van der Waals surface area contributed by atoms with Gasteiger partial charge in [-0.15, -0.1) is 28.7 Å². The van der Waals surface area contributed by atoms with E-state index in [1.807, 2.05) is 54.2 Å². The fourth-order valence-electron chi connectivity index (χ4n) is 4.75. The molecule has 222 valence electrons. The number of halogens is 1. The summed E-state index contributed by atoms with van der Waals surface area (Å²) in [5.74, 6) is 2.06. The molecule has 0 aliphatic carbocycles. The Labute approximate surface area is 257 Å². The Morgan fingerprint density at radius 2 is 1.40 bits per heavy atom. The van der Waals surface area contributed by atoms with Crippen molar-refractivity contribution in [1.82, 2.24) is 4.90 Å². The molecule has 3 rings (SSSR count). The van der Waals surface area contributed by atoms with Crippen molar-refractivity contribution in [2.24, 2.45) is 0 Å². The Morgan fingerprint density at radius 1 is 0.825 bits per heavy atom. The van der Waals surface area contributed by atoms with Crippen LogP contribution in [0.4, 0.5) is 5.69 Å². The number of hydrogen-bond donors (Lipinski definition) is 1. The van der Waals surface area contributed by atoms with Gasteiger partial charge in [0.25, 0.3) is 5.91 Å². The first-order valence-corrected chi connectivity index (χ1v) is 15.9. The fourth-order valence-corrected chi connectivity index (χ4v) is 5.51. The summed E-state index contributed by atoms with van der Waals surface area (Å²) in [6.45, 7) is 5.76. The average Bonchev–Trinajstić information content (AvgIpc) is 3.36. The van der Waals surface area contributed by atoms with Crippen molar-refractivity contribution in [3.05, 3.63) is 65.2 Å². The molecular weight excluding hydrogens is 584 g/mol. The van der Waals surface area contributed by atoms with Gasteiger partial charge in [-0.25, -0.2) is 0 Å². The molecule has 0 unspecified atom stereocenters. The first-order chi connectivity index (χ1) is 19.2. The first-order valence-electron chi connectivity index (χ1n) is 14.9. The number of anilines is 1. The monoisotopic (exact) mass is 632 g/mol. The van der Waals surface area contributed by atoms with Crippen LogP contribution in [-0.2, 0) is 11.3 Å². The summed E-state index contributed by atoms with van der Waals surface area (Å²) in [4.78, 5) is 16.3. The highest BCUT2D eigenvalue weighted by Gasteiger charge is 2.14. The quantitative estimate of drug-likeness (QED) is 0.147. The van der Waals surface area contributed by atoms with Gasteiger partial charge in [-0.1, -0.05) is 108 Å². The van der Waals surface area contributed by atoms with Gasteiger partial charge < -0.3 is 19.7 Å². The summed E-state index contributed by atoms with van der Waals surface area (Å²) in [6, 6.07) is 15.6. The number of unbranched alkanes of at least 4 members (excludes halogenated alkanes) is 11. The molecule has 1 amide bonds. The van der Waals surface area contributed by atoms with Crippen LogP contribution < -0.4 is 14.8 Å². The number of ether oxygens (including phenoxy) is 2. The van der Waals surface area contributed by atoms with E-state index in [9.17, 15) is 4.79 Å². The zero-order valence-corrected chi connectivity index (χ0v) is 27.0. The molecule has 0 saturated carbocycles. The summed E-state index contributed by atoms with van der Waals surface area (Å²) in [7, 11) is 0. The van der Waals surface area contributed by atoms with Crippen LogP contribution in [0.25, 0.3) is 0 Å². The number of amides is 1. The fraction of sp³-hybridized carbons (Fsp3) is 0.545. The van der Waals surface area contributed by atoms with Gasteiger partial charge in [0, 0.05) is 18.4 Å². The lowest BCUT2D eigenvalue weighted by Gasteiger charge is -2.18. The zero-order chi connectivity index (χ0) is 27.5. The molecule has 5 nitrogen and oxygen atoms in total. The molecule has 1 aliphatic heterocycles. The summed E-state index contributed by atoms with van der Waals surface area (Å²) in [5, 5.41) is 3.02. The smallest absolute Gasteiger partial charge is 0.262 e. The third-order valence-corrected chi connectivity index (χ3v) is 7.97. The molecule has 2 aromatic rings. The van der Waals surface area contributed by atoms with Crippen LogP contribution in [0.5, 0.6) is 11.5 Å². The first kappa shape index (κ1) is 34.1. The van der Waals surface area contributed by atoms with Crippen molar-refractivity contribution in [2.45, 2.75) is 97.4 Å². The second-order valence-corrected chi connectivity index (χ2v) is 11.6. The molecule has 0 fully saturated rings. The molecule has 7 heteroatoms. The lowest BCUT2D eigenvalue weighted by molar-refractivity contribution is -0.118. The van der Waals surface area contributed by atoms with Gasteiger partial charge in [-0.3, -0.25) is 4.79 Å². The summed E-state index contributed by atoms with van der Waals surface area (Å²) < 4.78 is 11.9. The lowest BCUT2D eigenvalue weighted by Crippen LogP contribution is -2.22. The van der Waals surface area contributed by atoms with E-state index in [0.29, 0.717) is 18.1 Å². The number of carbonyl (C=O) groups excluding carboxylic acids is 1. The third-order valence-electron chi connectivity index (χ3n) is 6.95. The second-order valence-electron chi connectivity index (χ2n) is 10.4. The number of nitrogens with one attached hydrogen (secondary N) is 1. The number of carbonyl (C=O) groups is 1. The van der Waals surface area contributed by atoms with Gasteiger partial charge in [-0.05, 0) is 42.0 Å². The summed E-state index contributed by atoms with van der Waals surface area (Å²) in [6.07, 6.45) is 18.0. The standard InChI is InChI=1S/C33H48N2O3S.BrH/c1-3-4-5-6-7-8-9-10-11-12-13-18-23-37-31-21-16-17-22-32(31)38-26-33(36)34-30-20-15-14-19-29(30)25-35-24-28(2)39-27-35;/h14-17,19-22,24H,3-13,18,23,25-27H2,1-2H3,(H,34,36);1H. The average molecular weight is 634 g/mol. The highest BCUT2D eigenvalue weighted by molar-refractivity contribution is 8.93.